The Morgan fingerprint density at radius 2 is 1.79 bits per heavy atom. The van der Waals surface area contributed by atoms with Gasteiger partial charge in [0.1, 0.15) is 5.82 Å². The largest absolute Gasteiger partial charge is 0.389 e. The van der Waals surface area contributed by atoms with E-state index < -0.39 is 6.10 Å². The standard InChI is InChI=1S/C19H26FNO2S/c1-19(2,3)23-13-18(22)12-21(11-16-8-9-24-14-16)10-15-4-6-17(20)7-5-15/h4-9,14,18,22H,10-13H2,1-3H3. The van der Waals surface area contributed by atoms with Gasteiger partial charge in [0.15, 0.2) is 0 Å². The minimum atomic E-state index is -0.566. The Morgan fingerprint density at radius 3 is 2.38 bits per heavy atom. The summed E-state index contributed by atoms with van der Waals surface area (Å²) in [6.45, 7) is 8.12. The van der Waals surface area contributed by atoms with Crippen LogP contribution in [0.3, 0.4) is 0 Å². The maximum Gasteiger partial charge on any atom is 0.123 e. The number of hydrogen-bond donors (Lipinski definition) is 1. The van der Waals surface area contributed by atoms with Crippen LogP contribution in [0.2, 0.25) is 0 Å². The SMILES string of the molecule is CC(C)(C)OCC(O)CN(Cc1ccc(F)cc1)Cc1ccsc1. The smallest absolute Gasteiger partial charge is 0.123 e. The third-order valence-electron chi connectivity index (χ3n) is 3.48. The third kappa shape index (κ3) is 7.09. The number of nitrogens with zero attached hydrogens (tertiary/aromatic N) is 1. The Morgan fingerprint density at radius 1 is 1.12 bits per heavy atom. The van der Waals surface area contributed by atoms with E-state index in [0.29, 0.717) is 19.7 Å². The van der Waals surface area contributed by atoms with Crippen LogP contribution in [0.15, 0.2) is 41.1 Å². The molecular formula is C19H26FNO2S. The van der Waals surface area contributed by atoms with Gasteiger partial charge in [0.2, 0.25) is 0 Å². The zero-order chi connectivity index (χ0) is 17.6. The summed E-state index contributed by atoms with van der Waals surface area (Å²) >= 11 is 1.66. The van der Waals surface area contributed by atoms with Gasteiger partial charge in [0, 0.05) is 19.6 Å². The van der Waals surface area contributed by atoms with Crippen molar-refractivity contribution >= 4 is 11.3 Å². The van der Waals surface area contributed by atoms with Crippen LogP contribution in [-0.4, -0.2) is 34.9 Å². The number of benzene rings is 1. The first-order chi connectivity index (χ1) is 11.3. The highest BCUT2D eigenvalue weighted by Crippen LogP contribution is 2.15. The zero-order valence-electron chi connectivity index (χ0n) is 14.5. The zero-order valence-corrected chi connectivity index (χ0v) is 15.4. The quantitative estimate of drug-likeness (QED) is 0.778. The van der Waals surface area contributed by atoms with Gasteiger partial charge in [-0.15, -0.1) is 0 Å². The maximum atomic E-state index is 13.1. The van der Waals surface area contributed by atoms with Gasteiger partial charge in [0.05, 0.1) is 18.3 Å². The van der Waals surface area contributed by atoms with E-state index in [-0.39, 0.29) is 11.4 Å². The second-order valence-corrected chi connectivity index (χ2v) is 7.78. The predicted molar refractivity (Wildman–Crippen MR) is 96.5 cm³/mol. The molecule has 0 saturated carbocycles. The second kappa shape index (κ2) is 8.72. The average Bonchev–Trinajstić information content (AvgIpc) is 3.00. The lowest BCUT2D eigenvalue weighted by Crippen LogP contribution is -2.36. The molecule has 0 aliphatic carbocycles. The molecule has 1 atom stereocenters. The predicted octanol–water partition coefficient (Wildman–Crippen LogP) is 4.07. The summed E-state index contributed by atoms with van der Waals surface area (Å²) < 4.78 is 18.8. The molecule has 0 fully saturated rings. The summed E-state index contributed by atoms with van der Waals surface area (Å²) in [5.74, 6) is -0.234. The van der Waals surface area contributed by atoms with E-state index >= 15 is 0 Å². The summed E-state index contributed by atoms with van der Waals surface area (Å²) in [5, 5.41) is 14.5. The van der Waals surface area contributed by atoms with E-state index in [4.69, 9.17) is 4.74 Å². The van der Waals surface area contributed by atoms with Crippen LogP contribution >= 0.6 is 11.3 Å². The average molecular weight is 351 g/mol. The van der Waals surface area contributed by atoms with E-state index in [2.05, 4.69) is 16.3 Å². The lowest BCUT2D eigenvalue weighted by Gasteiger charge is -2.27. The molecule has 1 aromatic carbocycles. The topological polar surface area (TPSA) is 32.7 Å². The maximum absolute atomic E-state index is 13.1. The lowest BCUT2D eigenvalue weighted by atomic mass is 10.1. The normalized spacial score (nSPS) is 13.4. The fourth-order valence-electron chi connectivity index (χ4n) is 2.37. The first-order valence-electron chi connectivity index (χ1n) is 8.12. The van der Waals surface area contributed by atoms with Gasteiger partial charge in [-0.1, -0.05) is 12.1 Å². The Bertz CT molecular complexity index is 593. The number of thiophene rings is 1. The Kier molecular flexibility index (Phi) is 6.92. The molecule has 5 heteroatoms. The van der Waals surface area contributed by atoms with Crippen molar-refractivity contribution in [3.8, 4) is 0 Å². The number of halogens is 1. The van der Waals surface area contributed by atoms with Gasteiger partial charge in [-0.3, -0.25) is 4.90 Å². The van der Waals surface area contributed by atoms with Crippen molar-refractivity contribution in [3.63, 3.8) is 0 Å². The molecule has 3 nitrogen and oxygen atoms in total. The number of ether oxygens (including phenoxy) is 1. The first-order valence-corrected chi connectivity index (χ1v) is 9.06. The van der Waals surface area contributed by atoms with E-state index in [9.17, 15) is 9.50 Å². The van der Waals surface area contributed by atoms with Crippen LogP contribution in [0.4, 0.5) is 4.39 Å². The molecule has 1 N–H and O–H groups in total. The minimum absolute atomic E-state index is 0.234. The number of rotatable bonds is 8. The van der Waals surface area contributed by atoms with Crippen molar-refractivity contribution in [3.05, 3.63) is 58.0 Å². The first kappa shape index (κ1) is 19.1. The van der Waals surface area contributed by atoms with Crippen LogP contribution in [0.25, 0.3) is 0 Å². The van der Waals surface area contributed by atoms with Crippen molar-refractivity contribution in [1.82, 2.24) is 4.90 Å². The van der Waals surface area contributed by atoms with Crippen molar-refractivity contribution in [2.24, 2.45) is 0 Å². The fourth-order valence-corrected chi connectivity index (χ4v) is 3.03. The van der Waals surface area contributed by atoms with Crippen molar-refractivity contribution < 1.29 is 14.2 Å². The van der Waals surface area contributed by atoms with Crippen molar-refractivity contribution in [2.75, 3.05) is 13.2 Å². The lowest BCUT2D eigenvalue weighted by molar-refractivity contribution is -0.0572. The van der Waals surface area contributed by atoms with Crippen LogP contribution in [0.1, 0.15) is 31.9 Å². The number of aliphatic hydroxyl groups excluding tert-OH is 1. The minimum Gasteiger partial charge on any atom is -0.389 e. The fraction of sp³-hybridized carbons (Fsp3) is 0.474. The molecule has 1 heterocycles. The van der Waals surface area contributed by atoms with Crippen LogP contribution in [0, 0.1) is 5.82 Å². The summed E-state index contributed by atoms with van der Waals surface area (Å²) in [7, 11) is 0. The van der Waals surface area contributed by atoms with E-state index in [1.807, 2.05) is 26.2 Å². The van der Waals surface area contributed by atoms with E-state index in [1.54, 1.807) is 23.5 Å². The number of hydrogen-bond acceptors (Lipinski definition) is 4. The molecule has 0 saturated heterocycles. The molecule has 0 aliphatic rings. The summed E-state index contributed by atoms with van der Waals surface area (Å²) in [4.78, 5) is 2.16. The number of aliphatic hydroxyl groups is 1. The molecule has 1 aromatic heterocycles. The molecule has 0 bridgehead atoms. The molecular weight excluding hydrogens is 325 g/mol. The molecule has 0 radical (unpaired) electrons. The highest BCUT2D eigenvalue weighted by atomic mass is 32.1. The van der Waals surface area contributed by atoms with Gasteiger partial charge in [-0.05, 0) is 60.9 Å². The van der Waals surface area contributed by atoms with Crippen LogP contribution < -0.4 is 0 Å². The summed E-state index contributed by atoms with van der Waals surface area (Å²) in [6, 6.07) is 8.59. The Hall–Kier alpha value is -1.27. The second-order valence-electron chi connectivity index (χ2n) is 7.00. The molecule has 2 aromatic rings. The van der Waals surface area contributed by atoms with E-state index in [0.717, 1.165) is 12.1 Å². The van der Waals surface area contributed by atoms with Gasteiger partial charge < -0.3 is 9.84 Å². The molecule has 2 rings (SSSR count). The van der Waals surface area contributed by atoms with Gasteiger partial charge in [-0.25, -0.2) is 4.39 Å². The third-order valence-corrected chi connectivity index (χ3v) is 4.22. The summed E-state index contributed by atoms with van der Waals surface area (Å²) in [5.41, 5.74) is 1.97. The molecule has 132 valence electrons. The molecule has 1 unspecified atom stereocenters. The molecule has 0 amide bonds. The Balaban J connectivity index is 1.98. The monoisotopic (exact) mass is 351 g/mol. The molecule has 24 heavy (non-hydrogen) atoms. The van der Waals surface area contributed by atoms with Crippen molar-refractivity contribution in [1.29, 1.82) is 0 Å². The van der Waals surface area contributed by atoms with Crippen LogP contribution in [0.5, 0.6) is 0 Å². The molecule has 0 spiro atoms. The van der Waals surface area contributed by atoms with Gasteiger partial charge in [-0.2, -0.15) is 11.3 Å². The van der Waals surface area contributed by atoms with Gasteiger partial charge in [0.25, 0.3) is 0 Å². The highest BCUT2D eigenvalue weighted by molar-refractivity contribution is 7.07. The highest BCUT2D eigenvalue weighted by Gasteiger charge is 2.17. The Labute approximate surface area is 147 Å². The summed E-state index contributed by atoms with van der Waals surface area (Å²) in [6.07, 6.45) is -0.566. The van der Waals surface area contributed by atoms with Crippen LogP contribution in [-0.2, 0) is 17.8 Å². The van der Waals surface area contributed by atoms with Gasteiger partial charge >= 0.3 is 0 Å². The molecule has 0 aliphatic heterocycles. The van der Waals surface area contributed by atoms with Crippen molar-refractivity contribution in [2.45, 2.75) is 45.6 Å². The van der Waals surface area contributed by atoms with E-state index in [1.165, 1.54) is 17.7 Å².